The van der Waals surface area contributed by atoms with E-state index in [9.17, 15) is 4.79 Å². The number of nitrogens with two attached hydrogens (primary N) is 1. The summed E-state index contributed by atoms with van der Waals surface area (Å²) in [4.78, 5) is 18.6. The molecule has 0 bridgehead atoms. The number of amidine groups is 1. The van der Waals surface area contributed by atoms with Crippen LogP contribution in [0.2, 0.25) is 0 Å². The summed E-state index contributed by atoms with van der Waals surface area (Å²) in [5, 5.41) is 11.6. The fourth-order valence-electron chi connectivity index (χ4n) is 2.06. The molecular formula is C14H25N5O2. The van der Waals surface area contributed by atoms with Gasteiger partial charge in [-0.2, -0.15) is 0 Å². The molecule has 0 fully saturated rings. The van der Waals surface area contributed by atoms with Gasteiger partial charge in [0.15, 0.2) is 5.82 Å². The van der Waals surface area contributed by atoms with Gasteiger partial charge in [0.1, 0.15) is 5.84 Å². The van der Waals surface area contributed by atoms with E-state index in [1.165, 1.54) is 0 Å². The summed E-state index contributed by atoms with van der Waals surface area (Å²) in [7, 11) is 0. The van der Waals surface area contributed by atoms with Gasteiger partial charge in [-0.3, -0.25) is 4.79 Å². The van der Waals surface area contributed by atoms with Gasteiger partial charge in [0.25, 0.3) is 5.56 Å². The largest absolute Gasteiger partial charge is 0.409 e. The highest BCUT2D eigenvalue weighted by Gasteiger charge is 2.16. The number of aromatic nitrogens is 2. The third kappa shape index (κ3) is 4.77. The number of rotatable bonds is 7. The first-order valence-corrected chi connectivity index (χ1v) is 7.15. The lowest BCUT2D eigenvalue weighted by Gasteiger charge is -2.25. The molecule has 0 aliphatic rings. The van der Waals surface area contributed by atoms with Crippen LogP contribution in [-0.4, -0.2) is 33.7 Å². The topological polar surface area (TPSA) is 96.7 Å². The lowest BCUT2D eigenvalue weighted by atomic mass is 10.2. The van der Waals surface area contributed by atoms with E-state index in [1.54, 1.807) is 17.0 Å². The second kappa shape index (κ2) is 7.66. The minimum absolute atomic E-state index is 0.0734. The first kappa shape index (κ1) is 17.0. The normalized spacial score (nSPS) is 12.2. The highest BCUT2D eigenvalue weighted by atomic mass is 16.4. The van der Waals surface area contributed by atoms with Crippen LogP contribution in [0.3, 0.4) is 0 Å². The summed E-state index contributed by atoms with van der Waals surface area (Å²) in [5.74, 6) is 0.917. The Morgan fingerprint density at radius 3 is 2.67 bits per heavy atom. The average Bonchev–Trinajstić information content (AvgIpc) is 2.42. The quantitative estimate of drug-likeness (QED) is 0.343. The molecule has 0 amide bonds. The molecule has 0 saturated heterocycles. The number of anilines is 1. The van der Waals surface area contributed by atoms with Crippen molar-refractivity contribution < 1.29 is 5.21 Å². The van der Waals surface area contributed by atoms with Crippen LogP contribution in [0.4, 0.5) is 5.82 Å². The number of hydrogen-bond acceptors (Lipinski definition) is 5. The lowest BCUT2D eigenvalue weighted by Crippen LogP contribution is -2.38. The van der Waals surface area contributed by atoms with Crippen molar-refractivity contribution >= 4 is 11.7 Å². The summed E-state index contributed by atoms with van der Waals surface area (Å²) >= 11 is 0. The molecule has 3 N–H and O–H groups in total. The Hall–Kier alpha value is -2.05. The van der Waals surface area contributed by atoms with Crippen molar-refractivity contribution in [3.63, 3.8) is 0 Å². The zero-order valence-electron chi connectivity index (χ0n) is 13.2. The molecule has 21 heavy (non-hydrogen) atoms. The van der Waals surface area contributed by atoms with E-state index in [0.717, 1.165) is 0 Å². The zero-order chi connectivity index (χ0) is 16.0. The van der Waals surface area contributed by atoms with Crippen LogP contribution in [0.15, 0.2) is 22.3 Å². The molecule has 0 radical (unpaired) electrons. The fourth-order valence-corrected chi connectivity index (χ4v) is 2.06. The first-order valence-electron chi connectivity index (χ1n) is 7.15. The van der Waals surface area contributed by atoms with Crippen molar-refractivity contribution in [2.24, 2.45) is 16.8 Å². The third-order valence-electron chi connectivity index (χ3n) is 3.06. The van der Waals surface area contributed by atoms with Crippen LogP contribution < -0.4 is 16.2 Å². The van der Waals surface area contributed by atoms with Gasteiger partial charge in [-0.1, -0.05) is 19.0 Å². The fraction of sp³-hybridized carbons (Fsp3) is 0.643. The Morgan fingerprint density at radius 2 is 2.14 bits per heavy atom. The maximum absolute atomic E-state index is 12.5. The van der Waals surface area contributed by atoms with E-state index in [1.807, 2.05) is 18.7 Å². The van der Waals surface area contributed by atoms with Crippen molar-refractivity contribution in [2.45, 2.75) is 40.2 Å². The van der Waals surface area contributed by atoms with E-state index >= 15 is 0 Å². The smallest absolute Gasteiger partial charge is 0.293 e. The van der Waals surface area contributed by atoms with E-state index < -0.39 is 0 Å². The van der Waals surface area contributed by atoms with Gasteiger partial charge < -0.3 is 20.4 Å². The minimum atomic E-state index is -0.118. The summed E-state index contributed by atoms with van der Waals surface area (Å²) in [6, 6.07) is 0.0734. The summed E-state index contributed by atoms with van der Waals surface area (Å²) in [5.41, 5.74) is 5.40. The van der Waals surface area contributed by atoms with E-state index in [0.29, 0.717) is 31.2 Å². The molecule has 1 rings (SSSR count). The molecule has 1 heterocycles. The van der Waals surface area contributed by atoms with Gasteiger partial charge in [0, 0.05) is 37.9 Å². The van der Waals surface area contributed by atoms with E-state index in [2.05, 4.69) is 24.0 Å². The van der Waals surface area contributed by atoms with Crippen LogP contribution in [0.25, 0.3) is 0 Å². The molecule has 0 aliphatic heterocycles. The molecule has 0 spiro atoms. The molecule has 1 aromatic heterocycles. The molecule has 118 valence electrons. The highest BCUT2D eigenvalue weighted by Crippen LogP contribution is 2.10. The van der Waals surface area contributed by atoms with Crippen LogP contribution in [-0.2, 0) is 0 Å². The van der Waals surface area contributed by atoms with E-state index in [-0.39, 0.29) is 17.4 Å². The molecule has 7 nitrogen and oxygen atoms in total. The molecule has 0 aromatic carbocycles. The Bertz CT molecular complexity index is 536. The second-order valence-corrected chi connectivity index (χ2v) is 5.74. The van der Waals surface area contributed by atoms with Crippen LogP contribution >= 0.6 is 0 Å². The Morgan fingerprint density at radius 1 is 1.48 bits per heavy atom. The molecule has 1 aromatic rings. The molecule has 0 atom stereocenters. The standard InChI is InChI=1S/C14H25N5O2/c1-10(2)9-18(7-5-12(15)17-21)13-14(20)19(11(3)4)8-6-16-13/h6,8,10-11,21H,5,7,9H2,1-4H3,(H2,15,17). The molecule has 0 aliphatic carbocycles. The Kier molecular flexibility index (Phi) is 6.20. The second-order valence-electron chi connectivity index (χ2n) is 5.74. The molecule has 0 saturated carbocycles. The average molecular weight is 295 g/mol. The van der Waals surface area contributed by atoms with Gasteiger partial charge in [-0.05, 0) is 19.8 Å². The Labute approximate surface area is 125 Å². The number of oxime groups is 1. The van der Waals surface area contributed by atoms with Gasteiger partial charge in [-0.15, -0.1) is 0 Å². The summed E-state index contributed by atoms with van der Waals surface area (Å²) in [6.07, 6.45) is 3.70. The third-order valence-corrected chi connectivity index (χ3v) is 3.06. The maximum Gasteiger partial charge on any atom is 0.293 e. The minimum Gasteiger partial charge on any atom is -0.409 e. The number of nitrogens with zero attached hydrogens (tertiary/aromatic N) is 4. The van der Waals surface area contributed by atoms with Crippen molar-refractivity contribution in [1.82, 2.24) is 9.55 Å². The summed E-state index contributed by atoms with van der Waals surface area (Å²) < 4.78 is 1.65. The predicted molar refractivity (Wildman–Crippen MR) is 84.0 cm³/mol. The first-order chi connectivity index (χ1) is 9.86. The van der Waals surface area contributed by atoms with Gasteiger partial charge in [0.2, 0.25) is 0 Å². The monoisotopic (exact) mass is 295 g/mol. The highest BCUT2D eigenvalue weighted by molar-refractivity contribution is 5.80. The van der Waals surface area contributed by atoms with Gasteiger partial charge >= 0.3 is 0 Å². The molecular weight excluding hydrogens is 270 g/mol. The van der Waals surface area contributed by atoms with Crippen molar-refractivity contribution in [3.05, 3.63) is 22.7 Å². The molecule has 7 heteroatoms. The van der Waals surface area contributed by atoms with Crippen LogP contribution in [0.5, 0.6) is 0 Å². The predicted octanol–water partition coefficient (Wildman–Crippen LogP) is 1.42. The molecule has 0 unspecified atom stereocenters. The van der Waals surface area contributed by atoms with Gasteiger partial charge in [-0.25, -0.2) is 4.98 Å². The van der Waals surface area contributed by atoms with Crippen LogP contribution in [0, 0.1) is 5.92 Å². The van der Waals surface area contributed by atoms with Crippen molar-refractivity contribution in [1.29, 1.82) is 0 Å². The Balaban J connectivity index is 3.08. The van der Waals surface area contributed by atoms with Crippen LogP contribution in [0.1, 0.15) is 40.2 Å². The summed E-state index contributed by atoms with van der Waals surface area (Å²) in [6.45, 7) is 9.21. The zero-order valence-corrected chi connectivity index (χ0v) is 13.2. The van der Waals surface area contributed by atoms with E-state index in [4.69, 9.17) is 10.9 Å². The maximum atomic E-state index is 12.5. The van der Waals surface area contributed by atoms with Crippen molar-refractivity contribution in [3.8, 4) is 0 Å². The van der Waals surface area contributed by atoms with Crippen molar-refractivity contribution in [2.75, 3.05) is 18.0 Å². The SMILES string of the molecule is CC(C)CN(CCC(N)=NO)c1nccn(C(C)C)c1=O. The lowest BCUT2D eigenvalue weighted by molar-refractivity contribution is 0.317. The number of hydrogen-bond donors (Lipinski definition) is 2. The van der Waals surface area contributed by atoms with Gasteiger partial charge in [0.05, 0.1) is 0 Å².